The van der Waals surface area contributed by atoms with Crippen LogP contribution in [0.4, 0.5) is 8.78 Å². The molecule has 112 valence electrons. The Morgan fingerprint density at radius 1 is 1.40 bits per heavy atom. The second-order valence-electron chi connectivity index (χ2n) is 5.53. The van der Waals surface area contributed by atoms with Gasteiger partial charge in [-0.25, -0.2) is 8.78 Å². The molecule has 0 saturated carbocycles. The third kappa shape index (κ3) is 3.53. The van der Waals surface area contributed by atoms with E-state index in [-0.39, 0.29) is 11.7 Å². The van der Waals surface area contributed by atoms with Crippen molar-refractivity contribution in [2.24, 2.45) is 5.73 Å². The van der Waals surface area contributed by atoms with Gasteiger partial charge in [-0.15, -0.1) is 0 Å². The van der Waals surface area contributed by atoms with Gasteiger partial charge < -0.3 is 10.5 Å². The average molecular weight is 284 g/mol. The van der Waals surface area contributed by atoms with Gasteiger partial charge in [0.05, 0.1) is 12.7 Å². The molecule has 3 unspecified atom stereocenters. The monoisotopic (exact) mass is 284 g/mol. The van der Waals surface area contributed by atoms with Gasteiger partial charge in [0.1, 0.15) is 0 Å². The van der Waals surface area contributed by atoms with Crippen molar-refractivity contribution in [3.8, 4) is 0 Å². The first-order valence-electron chi connectivity index (χ1n) is 7.04. The fourth-order valence-corrected chi connectivity index (χ4v) is 2.55. The van der Waals surface area contributed by atoms with Gasteiger partial charge in [-0.2, -0.15) is 0 Å². The molecule has 5 heteroatoms. The third-order valence-corrected chi connectivity index (χ3v) is 3.85. The van der Waals surface area contributed by atoms with E-state index in [1.165, 1.54) is 6.07 Å². The Kier molecular flexibility index (Phi) is 5.07. The quantitative estimate of drug-likeness (QED) is 0.923. The molecule has 0 aliphatic carbocycles. The van der Waals surface area contributed by atoms with Crippen LogP contribution < -0.4 is 5.73 Å². The number of hydrogen-bond acceptors (Lipinski definition) is 3. The molecule has 3 nitrogen and oxygen atoms in total. The fraction of sp³-hybridized carbons (Fsp3) is 0.600. The molecule has 0 aromatic heterocycles. The minimum atomic E-state index is -0.841. The molecule has 20 heavy (non-hydrogen) atoms. The summed E-state index contributed by atoms with van der Waals surface area (Å²) in [4.78, 5) is 2.28. The number of benzene rings is 1. The van der Waals surface area contributed by atoms with E-state index in [0.717, 1.165) is 19.2 Å². The standard InChI is InChI=1S/C15H22F2N2O/c1-10-9-20-11(2)8-19(10)7-6-14(18)12-4-3-5-13(16)15(12)17/h3-5,10-11,14H,6-9,18H2,1-2H3. The minimum Gasteiger partial charge on any atom is -0.376 e. The van der Waals surface area contributed by atoms with Crippen molar-refractivity contribution in [1.29, 1.82) is 0 Å². The largest absolute Gasteiger partial charge is 0.376 e. The van der Waals surface area contributed by atoms with Crippen molar-refractivity contribution in [3.05, 3.63) is 35.4 Å². The summed E-state index contributed by atoms with van der Waals surface area (Å²) < 4.78 is 32.4. The van der Waals surface area contributed by atoms with Crippen molar-refractivity contribution in [2.75, 3.05) is 19.7 Å². The fourth-order valence-electron chi connectivity index (χ4n) is 2.55. The summed E-state index contributed by atoms with van der Waals surface area (Å²) in [7, 11) is 0. The first kappa shape index (κ1) is 15.4. The Morgan fingerprint density at radius 2 is 2.15 bits per heavy atom. The molecular formula is C15H22F2N2O. The molecule has 1 aromatic rings. The lowest BCUT2D eigenvalue weighted by molar-refractivity contribution is -0.0500. The Hall–Kier alpha value is -1.04. The highest BCUT2D eigenvalue weighted by Gasteiger charge is 2.24. The van der Waals surface area contributed by atoms with Crippen LogP contribution in [0.1, 0.15) is 31.9 Å². The van der Waals surface area contributed by atoms with Crippen LogP contribution in [0.15, 0.2) is 18.2 Å². The van der Waals surface area contributed by atoms with Crippen LogP contribution in [0.25, 0.3) is 0 Å². The highest BCUT2D eigenvalue weighted by Crippen LogP contribution is 2.21. The molecule has 3 atom stereocenters. The van der Waals surface area contributed by atoms with Crippen molar-refractivity contribution in [2.45, 2.75) is 38.5 Å². The Morgan fingerprint density at radius 3 is 2.90 bits per heavy atom. The zero-order valence-corrected chi connectivity index (χ0v) is 12.0. The molecular weight excluding hydrogens is 262 g/mol. The van der Waals surface area contributed by atoms with Crippen LogP contribution in [-0.4, -0.2) is 36.7 Å². The van der Waals surface area contributed by atoms with E-state index in [0.29, 0.717) is 19.1 Å². The van der Waals surface area contributed by atoms with Gasteiger partial charge in [-0.05, 0) is 26.3 Å². The van der Waals surface area contributed by atoms with Crippen LogP contribution in [0.2, 0.25) is 0 Å². The highest BCUT2D eigenvalue weighted by atomic mass is 19.2. The van der Waals surface area contributed by atoms with E-state index in [1.54, 1.807) is 6.07 Å². The van der Waals surface area contributed by atoms with Gasteiger partial charge in [0, 0.05) is 30.7 Å². The molecule has 1 aliphatic rings. The molecule has 1 aliphatic heterocycles. The number of morpholine rings is 1. The van der Waals surface area contributed by atoms with Gasteiger partial charge in [0.25, 0.3) is 0 Å². The smallest absolute Gasteiger partial charge is 0.163 e. The van der Waals surface area contributed by atoms with E-state index in [2.05, 4.69) is 11.8 Å². The van der Waals surface area contributed by atoms with E-state index in [4.69, 9.17) is 10.5 Å². The molecule has 0 radical (unpaired) electrons. The second kappa shape index (κ2) is 6.61. The topological polar surface area (TPSA) is 38.5 Å². The van der Waals surface area contributed by atoms with Crippen LogP contribution in [0.3, 0.4) is 0 Å². The van der Waals surface area contributed by atoms with Crippen LogP contribution in [0, 0.1) is 11.6 Å². The van der Waals surface area contributed by atoms with Crippen LogP contribution in [0.5, 0.6) is 0 Å². The maximum Gasteiger partial charge on any atom is 0.163 e. The summed E-state index contributed by atoms with van der Waals surface area (Å²) in [6.45, 7) is 6.43. The Bertz CT molecular complexity index is 455. The maximum absolute atomic E-state index is 13.7. The number of ether oxygens (including phenoxy) is 1. The predicted octanol–water partition coefficient (Wildman–Crippen LogP) is 2.46. The number of hydrogen-bond donors (Lipinski definition) is 1. The zero-order valence-electron chi connectivity index (χ0n) is 12.0. The van der Waals surface area contributed by atoms with Gasteiger partial charge >= 0.3 is 0 Å². The lowest BCUT2D eigenvalue weighted by atomic mass is 10.0. The number of rotatable bonds is 4. The van der Waals surface area contributed by atoms with Crippen LogP contribution in [-0.2, 0) is 4.74 Å². The van der Waals surface area contributed by atoms with E-state index in [1.807, 2.05) is 6.92 Å². The first-order chi connectivity index (χ1) is 9.49. The van der Waals surface area contributed by atoms with Gasteiger partial charge in [0.2, 0.25) is 0 Å². The molecule has 1 fully saturated rings. The molecule has 0 bridgehead atoms. The summed E-state index contributed by atoms with van der Waals surface area (Å²) in [6.07, 6.45) is 0.797. The molecule has 1 aromatic carbocycles. The maximum atomic E-state index is 13.7. The lowest BCUT2D eigenvalue weighted by Crippen LogP contribution is -2.48. The number of nitrogens with two attached hydrogens (primary N) is 1. The van der Waals surface area contributed by atoms with Crippen molar-refractivity contribution >= 4 is 0 Å². The van der Waals surface area contributed by atoms with Gasteiger partial charge in [0.15, 0.2) is 11.6 Å². The number of halogens is 2. The molecule has 0 amide bonds. The first-order valence-corrected chi connectivity index (χ1v) is 7.04. The summed E-state index contributed by atoms with van der Waals surface area (Å²) in [5, 5.41) is 0. The molecule has 1 saturated heterocycles. The van der Waals surface area contributed by atoms with E-state index >= 15 is 0 Å². The Labute approximate surface area is 118 Å². The third-order valence-electron chi connectivity index (χ3n) is 3.85. The van der Waals surface area contributed by atoms with Gasteiger partial charge in [-0.1, -0.05) is 12.1 Å². The normalized spacial score (nSPS) is 25.6. The summed E-state index contributed by atoms with van der Waals surface area (Å²) in [5.74, 6) is -1.67. The summed E-state index contributed by atoms with van der Waals surface area (Å²) >= 11 is 0. The van der Waals surface area contributed by atoms with E-state index in [9.17, 15) is 8.78 Å². The lowest BCUT2D eigenvalue weighted by Gasteiger charge is -2.37. The van der Waals surface area contributed by atoms with Gasteiger partial charge in [-0.3, -0.25) is 4.90 Å². The predicted molar refractivity (Wildman–Crippen MR) is 74.4 cm³/mol. The minimum absolute atomic E-state index is 0.202. The molecule has 0 spiro atoms. The van der Waals surface area contributed by atoms with Crippen molar-refractivity contribution < 1.29 is 13.5 Å². The molecule has 1 heterocycles. The average Bonchev–Trinajstić information content (AvgIpc) is 2.42. The number of nitrogens with zero attached hydrogens (tertiary/aromatic N) is 1. The second-order valence-corrected chi connectivity index (χ2v) is 5.53. The Balaban J connectivity index is 1.94. The summed E-state index contributed by atoms with van der Waals surface area (Å²) in [6, 6.07) is 3.99. The zero-order chi connectivity index (χ0) is 14.7. The van der Waals surface area contributed by atoms with Crippen molar-refractivity contribution in [3.63, 3.8) is 0 Å². The SMILES string of the molecule is CC1CN(CCC(N)c2cccc(F)c2F)C(C)CO1. The van der Waals surface area contributed by atoms with E-state index < -0.39 is 17.7 Å². The van der Waals surface area contributed by atoms with Crippen molar-refractivity contribution in [1.82, 2.24) is 4.90 Å². The molecule has 2 rings (SSSR count). The molecule has 2 N–H and O–H groups in total. The summed E-state index contributed by atoms with van der Waals surface area (Å²) in [5.41, 5.74) is 6.25. The highest BCUT2D eigenvalue weighted by molar-refractivity contribution is 5.22. The van der Waals surface area contributed by atoms with Crippen LogP contribution >= 0.6 is 0 Å².